The average molecular weight is 476 g/mol. The number of ether oxygens (including phenoxy) is 2. The Morgan fingerprint density at radius 1 is 1.18 bits per heavy atom. The third kappa shape index (κ3) is 7.59. The fourth-order valence-corrected chi connectivity index (χ4v) is 3.91. The summed E-state index contributed by atoms with van der Waals surface area (Å²) in [5.74, 6) is 0.515. The van der Waals surface area contributed by atoms with Crippen molar-refractivity contribution in [3.8, 4) is 5.75 Å². The fourth-order valence-electron chi connectivity index (χ4n) is 3.79. The molecule has 3 rings (SSSR count). The summed E-state index contributed by atoms with van der Waals surface area (Å²) in [6.07, 6.45) is 2.34. The van der Waals surface area contributed by atoms with Crippen LogP contribution in [0.4, 0.5) is 10.5 Å². The molecule has 0 bridgehead atoms. The Hall–Kier alpha value is -2.88. The van der Waals surface area contributed by atoms with Crippen LogP contribution >= 0.6 is 11.6 Å². The molecule has 9 nitrogen and oxygen atoms in total. The average Bonchev–Trinajstić information content (AvgIpc) is 2.82. The van der Waals surface area contributed by atoms with Gasteiger partial charge in [0.2, 0.25) is 5.91 Å². The topological polar surface area (TPSA) is 105 Å². The van der Waals surface area contributed by atoms with Crippen molar-refractivity contribution in [3.05, 3.63) is 53.3 Å². The van der Waals surface area contributed by atoms with E-state index in [9.17, 15) is 9.59 Å². The van der Waals surface area contributed by atoms with Crippen molar-refractivity contribution in [1.29, 1.82) is 0 Å². The third-order valence-corrected chi connectivity index (χ3v) is 5.74. The highest BCUT2D eigenvalue weighted by Gasteiger charge is 2.33. The van der Waals surface area contributed by atoms with Crippen LogP contribution < -0.4 is 20.7 Å². The number of rotatable bonds is 9. The van der Waals surface area contributed by atoms with Gasteiger partial charge in [0.25, 0.3) is 0 Å². The van der Waals surface area contributed by atoms with Crippen molar-refractivity contribution in [2.75, 3.05) is 52.3 Å². The molecule has 2 unspecified atom stereocenters. The number of aromatic nitrogens is 1. The number of hydrogen-bond donors (Lipinski definition) is 3. The molecule has 33 heavy (non-hydrogen) atoms. The van der Waals surface area contributed by atoms with E-state index in [2.05, 4.69) is 25.8 Å². The number of carbonyl (C=O) groups excluding carboxylic acids is 2. The SMILES string of the molecule is COCCNC(=O)CN1CCC(NC(=O)Nc2ccc(Cl)cc2)C(c2ccc(OC)cn2)C1. The van der Waals surface area contributed by atoms with Gasteiger partial charge in [-0.1, -0.05) is 11.6 Å². The van der Waals surface area contributed by atoms with Crippen LogP contribution in [-0.4, -0.2) is 74.9 Å². The van der Waals surface area contributed by atoms with E-state index in [0.717, 1.165) is 5.69 Å². The number of piperidine rings is 1. The predicted molar refractivity (Wildman–Crippen MR) is 127 cm³/mol. The van der Waals surface area contributed by atoms with E-state index in [4.69, 9.17) is 21.1 Å². The number of halogens is 1. The number of urea groups is 1. The summed E-state index contributed by atoms with van der Waals surface area (Å²) >= 11 is 5.91. The molecule has 1 saturated heterocycles. The highest BCUT2D eigenvalue weighted by molar-refractivity contribution is 6.30. The summed E-state index contributed by atoms with van der Waals surface area (Å²) in [6, 6.07) is 10.2. The van der Waals surface area contributed by atoms with Crippen LogP contribution in [0.15, 0.2) is 42.6 Å². The molecule has 1 aromatic carbocycles. The molecule has 1 aliphatic rings. The molecule has 1 aromatic heterocycles. The normalized spacial score (nSPS) is 18.4. The number of amides is 3. The van der Waals surface area contributed by atoms with Gasteiger partial charge in [-0.3, -0.25) is 14.7 Å². The molecule has 10 heteroatoms. The first-order chi connectivity index (χ1) is 16.0. The monoisotopic (exact) mass is 475 g/mol. The lowest BCUT2D eigenvalue weighted by Crippen LogP contribution is -2.52. The summed E-state index contributed by atoms with van der Waals surface area (Å²) in [5.41, 5.74) is 1.48. The lowest BCUT2D eigenvalue weighted by molar-refractivity contribution is -0.122. The van der Waals surface area contributed by atoms with Crippen molar-refractivity contribution < 1.29 is 19.1 Å². The minimum atomic E-state index is -0.299. The first kappa shape index (κ1) is 24.8. The Kier molecular flexibility index (Phi) is 9.29. The van der Waals surface area contributed by atoms with Crippen LogP contribution in [0.3, 0.4) is 0 Å². The fraction of sp³-hybridized carbons (Fsp3) is 0.435. The second kappa shape index (κ2) is 12.4. The molecule has 0 saturated carbocycles. The molecule has 0 spiro atoms. The Balaban J connectivity index is 1.66. The van der Waals surface area contributed by atoms with Gasteiger partial charge in [0.15, 0.2) is 0 Å². The second-order valence-corrected chi connectivity index (χ2v) is 8.24. The smallest absolute Gasteiger partial charge is 0.319 e. The van der Waals surface area contributed by atoms with Crippen LogP contribution in [-0.2, 0) is 9.53 Å². The first-order valence-electron chi connectivity index (χ1n) is 10.8. The molecule has 2 aromatic rings. The highest BCUT2D eigenvalue weighted by atomic mass is 35.5. The summed E-state index contributed by atoms with van der Waals surface area (Å²) < 4.78 is 10.2. The van der Waals surface area contributed by atoms with Gasteiger partial charge in [-0.15, -0.1) is 0 Å². The van der Waals surface area contributed by atoms with E-state index < -0.39 is 0 Å². The summed E-state index contributed by atoms with van der Waals surface area (Å²) in [7, 11) is 3.19. The quantitative estimate of drug-likeness (QED) is 0.481. The Morgan fingerprint density at radius 3 is 2.64 bits per heavy atom. The van der Waals surface area contributed by atoms with Crippen molar-refractivity contribution in [3.63, 3.8) is 0 Å². The van der Waals surface area contributed by atoms with Crippen LogP contribution in [0.1, 0.15) is 18.0 Å². The molecule has 2 atom stereocenters. The van der Waals surface area contributed by atoms with Crippen molar-refractivity contribution >= 4 is 29.2 Å². The number of anilines is 1. The van der Waals surface area contributed by atoms with Crippen LogP contribution in [0, 0.1) is 0 Å². The Labute approximate surface area is 198 Å². The maximum Gasteiger partial charge on any atom is 0.319 e. The van der Waals surface area contributed by atoms with Gasteiger partial charge in [-0.2, -0.15) is 0 Å². The van der Waals surface area contributed by atoms with E-state index in [1.54, 1.807) is 44.7 Å². The molecule has 1 fully saturated rings. The predicted octanol–water partition coefficient (Wildman–Crippen LogP) is 2.49. The van der Waals surface area contributed by atoms with Gasteiger partial charge < -0.3 is 25.4 Å². The van der Waals surface area contributed by atoms with Gasteiger partial charge in [0, 0.05) is 55.1 Å². The largest absolute Gasteiger partial charge is 0.495 e. The zero-order chi connectivity index (χ0) is 23.6. The molecule has 2 heterocycles. The van der Waals surface area contributed by atoms with Crippen molar-refractivity contribution in [1.82, 2.24) is 20.5 Å². The summed E-state index contributed by atoms with van der Waals surface area (Å²) in [4.78, 5) is 31.6. The number of benzene rings is 1. The first-order valence-corrected chi connectivity index (χ1v) is 11.2. The molecule has 0 aliphatic carbocycles. The van der Waals surface area contributed by atoms with E-state index in [1.807, 2.05) is 12.1 Å². The lowest BCUT2D eigenvalue weighted by atomic mass is 9.88. The molecule has 0 radical (unpaired) electrons. The van der Waals surface area contributed by atoms with Crippen LogP contribution in [0.2, 0.25) is 5.02 Å². The number of pyridine rings is 1. The maximum absolute atomic E-state index is 12.7. The third-order valence-electron chi connectivity index (χ3n) is 5.49. The van der Waals surface area contributed by atoms with Gasteiger partial charge in [-0.25, -0.2) is 4.79 Å². The number of nitrogens with zero attached hydrogens (tertiary/aromatic N) is 2. The minimum Gasteiger partial charge on any atom is -0.495 e. The lowest BCUT2D eigenvalue weighted by Gasteiger charge is -2.38. The Bertz CT molecular complexity index is 910. The number of carbonyl (C=O) groups is 2. The number of nitrogens with one attached hydrogen (secondary N) is 3. The zero-order valence-electron chi connectivity index (χ0n) is 18.8. The molecule has 3 amide bonds. The number of hydrogen-bond acceptors (Lipinski definition) is 6. The van der Waals surface area contributed by atoms with Crippen molar-refractivity contribution in [2.24, 2.45) is 0 Å². The van der Waals surface area contributed by atoms with E-state index in [-0.39, 0.29) is 30.4 Å². The molecule has 1 aliphatic heterocycles. The van der Waals surface area contributed by atoms with Crippen LogP contribution in [0.5, 0.6) is 5.75 Å². The maximum atomic E-state index is 12.7. The van der Waals surface area contributed by atoms with E-state index in [1.165, 1.54) is 0 Å². The second-order valence-electron chi connectivity index (χ2n) is 7.81. The van der Waals surface area contributed by atoms with E-state index in [0.29, 0.717) is 49.1 Å². The summed E-state index contributed by atoms with van der Waals surface area (Å²) in [6.45, 7) is 2.49. The molecular weight excluding hydrogens is 446 g/mol. The van der Waals surface area contributed by atoms with Crippen LogP contribution in [0.25, 0.3) is 0 Å². The van der Waals surface area contributed by atoms with Gasteiger partial charge in [0.1, 0.15) is 5.75 Å². The Morgan fingerprint density at radius 2 is 1.97 bits per heavy atom. The molecule has 3 N–H and O–H groups in total. The van der Waals surface area contributed by atoms with Crippen molar-refractivity contribution in [2.45, 2.75) is 18.4 Å². The number of methoxy groups -OCH3 is 2. The summed E-state index contributed by atoms with van der Waals surface area (Å²) in [5, 5.41) is 9.37. The van der Waals surface area contributed by atoms with Gasteiger partial charge >= 0.3 is 6.03 Å². The van der Waals surface area contributed by atoms with Gasteiger partial charge in [-0.05, 0) is 42.8 Å². The molecule has 178 valence electrons. The highest BCUT2D eigenvalue weighted by Crippen LogP contribution is 2.27. The van der Waals surface area contributed by atoms with E-state index >= 15 is 0 Å². The van der Waals surface area contributed by atoms with Gasteiger partial charge in [0.05, 0.1) is 26.5 Å². The molecular formula is C23H30ClN5O4. The standard InChI is InChI=1S/C23H30ClN5O4/c1-32-12-10-25-22(30)15-29-11-9-21(19(14-29)20-8-7-18(33-2)13-26-20)28-23(31)27-17-5-3-16(24)4-6-17/h3-8,13,19,21H,9-12,14-15H2,1-2H3,(H,25,30)(H2,27,28,31). The minimum absolute atomic E-state index is 0.0552. The number of likely N-dealkylation sites (tertiary alicyclic amines) is 1. The zero-order valence-corrected chi connectivity index (χ0v) is 19.6.